The molecule has 0 N–H and O–H groups in total. The van der Waals surface area contributed by atoms with E-state index in [0.717, 1.165) is 25.0 Å². The van der Waals surface area contributed by atoms with Gasteiger partial charge in [-0.2, -0.15) is 0 Å². The van der Waals surface area contributed by atoms with E-state index in [1.54, 1.807) is 0 Å². The number of hydrogen-bond acceptors (Lipinski definition) is 1. The monoisotopic (exact) mass is 274 g/mol. The molecule has 0 amide bonds. The van der Waals surface area contributed by atoms with Crippen LogP contribution in [-0.4, -0.2) is 6.10 Å². The van der Waals surface area contributed by atoms with E-state index in [4.69, 9.17) is 4.74 Å². The highest BCUT2D eigenvalue weighted by atomic mass is 16.5. The molecule has 0 aliphatic heterocycles. The number of para-hydroxylation sites is 1. The first-order valence-corrected chi connectivity index (χ1v) is 7.61. The smallest absolute Gasteiger partial charge is 0.119 e. The molecule has 1 aliphatic rings. The van der Waals surface area contributed by atoms with E-state index in [1.807, 2.05) is 30.3 Å². The van der Waals surface area contributed by atoms with E-state index in [1.165, 1.54) is 21.9 Å². The first-order valence-electron chi connectivity index (χ1n) is 7.61. The molecule has 0 aromatic heterocycles. The molecule has 104 valence electrons. The number of fused-ring (bicyclic) bond motifs is 2. The molecule has 0 radical (unpaired) electrons. The fourth-order valence-corrected chi connectivity index (χ4v) is 3.21. The molecule has 21 heavy (non-hydrogen) atoms. The van der Waals surface area contributed by atoms with Gasteiger partial charge in [0.1, 0.15) is 11.9 Å². The zero-order valence-corrected chi connectivity index (χ0v) is 12.0. The highest BCUT2D eigenvalue weighted by Crippen LogP contribution is 2.28. The molecule has 0 fully saturated rings. The minimum Gasteiger partial charge on any atom is -0.490 e. The average molecular weight is 274 g/mol. The molecule has 0 saturated heterocycles. The number of ether oxygens (including phenoxy) is 1. The molecule has 0 bridgehead atoms. The van der Waals surface area contributed by atoms with E-state index >= 15 is 0 Å². The normalized spacial score (nSPS) is 17.4. The van der Waals surface area contributed by atoms with Crippen LogP contribution in [0.4, 0.5) is 0 Å². The van der Waals surface area contributed by atoms with Crippen molar-refractivity contribution >= 4 is 10.8 Å². The maximum Gasteiger partial charge on any atom is 0.119 e. The minimum atomic E-state index is 0.293. The lowest BCUT2D eigenvalue weighted by molar-refractivity contribution is 0.185. The second-order valence-corrected chi connectivity index (χ2v) is 5.76. The maximum absolute atomic E-state index is 6.12. The van der Waals surface area contributed by atoms with Crippen molar-refractivity contribution < 1.29 is 4.74 Å². The molecule has 1 aliphatic carbocycles. The van der Waals surface area contributed by atoms with E-state index < -0.39 is 0 Å². The predicted molar refractivity (Wildman–Crippen MR) is 86.8 cm³/mol. The summed E-state index contributed by atoms with van der Waals surface area (Å²) in [5.74, 6) is 0.978. The van der Waals surface area contributed by atoms with E-state index in [2.05, 4.69) is 36.4 Å². The minimum absolute atomic E-state index is 0.293. The third-order valence-electron chi connectivity index (χ3n) is 4.30. The van der Waals surface area contributed by atoms with Crippen molar-refractivity contribution in [1.82, 2.24) is 0 Å². The van der Waals surface area contributed by atoms with E-state index in [0.29, 0.717) is 6.10 Å². The van der Waals surface area contributed by atoms with Crippen molar-refractivity contribution in [1.29, 1.82) is 0 Å². The molecule has 1 unspecified atom stereocenters. The van der Waals surface area contributed by atoms with Crippen LogP contribution in [0.1, 0.15) is 17.5 Å². The van der Waals surface area contributed by atoms with Gasteiger partial charge in [0, 0.05) is 6.42 Å². The highest BCUT2D eigenvalue weighted by Gasteiger charge is 2.20. The molecule has 1 nitrogen and oxygen atoms in total. The van der Waals surface area contributed by atoms with Crippen molar-refractivity contribution in [3.63, 3.8) is 0 Å². The third kappa shape index (κ3) is 2.52. The highest BCUT2D eigenvalue weighted by molar-refractivity contribution is 5.84. The molecule has 0 saturated carbocycles. The SMILES string of the molecule is c1ccc(OC2CCc3cc4ccccc4cc3C2)cc1. The Balaban J connectivity index is 1.61. The first kappa shape index (κ1) is 12.5. The quantitative estimate of drug-likeness (QED) is 0.653. The van der Waals surface area contributed by atoms with Gasteiger partial charge in [0.2, 0.25) is 0 Å². The Kier molecular flexibility index (Phi) is 3.11. The number of aryl methyl sites for hydroxylation is 1. The Bertz CT molecular complexity index is 761. The van der Waals surface area contributed by atoms with Crippen LogP contribution in [0, 0.1) is 0 Å². The van der Waals surface area contributed by atoms with Gasteiger partial charge >= 0.3 is 0 Å². The fraction of sp³-hybridized carbons (Fsp3) is 0.200. The van der Waals surface area contributed by atoms with Gasteiger partial charge in [-0.1, -0.05) is 54.6 Å². The number of benzene rings is 3. The van der Waals surface area contributed by atoms with Crippen molar-refractivity contribution in [3.05, 3.63) is 77.9 Å². The molecular formula is C20H18O. The summed E-state index contributed by atoms with van der Waals surface area (Å²) in [6.45, 7) is 0. The summed E-state index contributed by atoms with van der Waals surface area (Å²) in [5.41, 5.74) is 2.93. The summed E-state index contributed by atoms with van der Waals surface area (Å²) in [4.78, 5) is 0. The summed E-state index contributed by atoms with van der Waals surface area (Å²) in [5, 5.41) is 2.68. The third-order valence-corrected chi connectivity index (χ3v) is 4.30. The zero-order valence-electron chi connectivity index (χ0n) is 12.0. The van der Waals surface area contributed by atoms with Crippen LogP contribution in [0.3, 0.4) is 0 Å². The van der Waals surface area contributed by atoms with Gasteiger partial charge < -0.3 is 4.74 Å². The fourth-order valence-electron chi connectivity index (χ4n) is 3.21. The lowest BCUT2D eigenvalue weighted by Gasteiger charge is -2.26. The lowest BCUT2D eigenvalue weighted by Crippen LogP contribution is -2.25. The van der Waals surface area contributed by atoms with Gasteiger partial charge in [-0.25, -0.2) is 0 Å². The van der Waals surface area contributed by atoms with Crippen molar-refractivity contribution in [2.45, 2.75) is 25.4 Å². The van der Waals surface area contributed by atoms with E-state index in [-0.39, 0.29) is 0 Å². The molecule has 3 aromatic rings. The van der Waals surface area contributed by atoms with Gasteiger partial charge in [-0.15, -0.1) is 0 Å². The topological polar surface area (TPSA) is 9.23 Å². The molecule has 0 heterocycles. The Labute approximate surface area is 125 Å². The molecule has 0 spiro atoms. The van der Waals surface area contributed by atoms with Crippen LogP contribution in [0.5, 0.6) is 5.75 Å². The summed E-state index contributed by atoms with van der Waals surface area (Å²) in [6.07, 6.45) is 3.51. The standard InChI is InChI=1S/C20H18O/c1-2-8-19(9-3-1)21-20-11-10-17-12-15-6-4-5-7-16(15)13-18(17)14-20/h1-9,12-13,20H,10-11,14H2. The van der Waals surface area contributed by atoms with Crippen LogP contribution < -0.4 is 4.74 Å². The molecular weight excluding hydrogens is 256 g/mol. The summed E-state index contributed by atoms with van der Waals surface area (Å²) in [7, 11) is 0. The predicted octanol–water partition coefficient (Wildman–Crippen LogP) is 4.78. The lowest BCUT2D eigenvalue weighted by atomic mass is 9.87. The first-order chi connectivity index (χ1) is 10.4. The average Bonchev–Trinajstić information content (AvgIpc) is 2.54. The van der Waals surface area contributed by atoms with Crippen LogP contribution in [0.2, 0.25) is 0 Å². The van der Waals surface area contributed by atoms with Crippen LogP contribution in [0.15, 0.2) is 66.7 Å². The molecule has 4 rings (SSSR count). The summed E-state index contributed by atoms with van der Waals surface area (Å²) >= 11 is 0. The van der Waals surface area contributed by atoms with Crippen molar-refractivity contribution in [2.75, 3.05) is 0 Å². The van der Waals surface area contributed by atoms with Gasteiger partial charge in [0.25, 0.3) is 0 Å². The molecule has 1 atom stereocenters. The summed E-state index contributed by atoms with van der Waals surface area (Å²) in [6, 6.07) is 23.4. The number of rotatable bonds is 2. The van der Waals surface area contributed by atoms with Crippen LogP contribution >= 0.6 is 0 Å². The Morgan fingerprint density at radius 2 is 1.43 bits per heavy atom. The van der Waals surface area contributed by atoms with Crippen molar-refractivity contribution in [2.24, 2.45) is 0 Å². The maximum atomic E-state index is 6.12. The second-order valence-electron chi connectivity index (χ2n) is 5.76. The molecule has 3 aromatic carbocycles. The van der Waals surface area contributed by atoms with Crippen molar-refractivity contribution in [3.8, 4) is 5.75 Å². The largest absolute Gasteiger partial charge is 0.490 e. The Morgan fingerprint density at radius 1 is 0.762 bits per heavy atom. The Morgan fingerprint density at radius 3 is 2.19 bits per heavy atom. The van der Waals surface area contributed by atoms with Crippen LogP contribution in [-0.2, 0) is 12.8 Å². The van der Waals surface area contributed by atoms with Crippen LogP contribution in [0.25, 0.3) is 10.8 Å². The van der Waals surface area contributed by atoms with Gasteiger partial charge in [0.15, 0.2) is 0 Å². The zero-order chi connectivity index (χ0) is 14.1. The second kappa shape index (κ2) is 5.25. The van der Waals surface area contributed by atoms with Gasteiger partial charge in [-0.05, 0) is 46.9 Å². The number of hydrogen-bond donors (Lipinski definition) is 0. The van der Waals surface area contributed by atoms with Gasteiger partial charge in [-0.3, -0.25) is 0 Å². The van der Waals surface area contributed by atoms with Gasteiger partial charge in [0.05, 0.1) is 0 Å². The molecule has 1 heteroatoms. The Hall–Kier alpha value is -2.28. The van der Waals surface area contributed by atoms with E-state index in [9.17, 15) is 0 Å². The summed E-state index contributed by atoms with van der Waals surface area (Å²) < 4.78 is 6.12.